The number of nitrogens with one attached hydrogen (secondary N) is 2. The van der Waals surface area contributed by atoms with Crippen LogP contribution in [0.15, 0.2) is 53.4 Å². The Morgan fingerprint density at radius 2 is 2.08 bits per heavy atom. The van der Waals surface area contributed by atoms with Gasteiger partial charge in [-0.25, -0.2) is 9.67 Å². The van der Waals surface area contributed by atoms with Gasteiger partial charge in [0, 0.05) is 35.8 Å². The highest BCUT2D eigenvalue weighted by Crippen LogP contribution is 2.29. The maximum absolute atomic E-state index is 13.7. The van der Waals surface area contributed by atoms with E-state index < -0.39 is 5.91 Å². The number of halogens is 2. The molecule has 2 amide bonds. The second-order valence-electron chi connectivity index (χ2n) is 8.95. The van der Waals surface area contributed by atoms with Gasteiger partial charge in [0.05, 0.1) is 22.4 Å². The highest BCUT2D eigenvalue weighted by Gasteiger charge is 2.24. The summed E-state index contributed by atoms with van der Waals surface area (Å²) in [7, 11) is 0. The fourth-order valence-electron chi connectivity index (χ4n) is 4.23. The number of benzene rings is 1. The standard InChI is InChI=1S/C27H25Cl2N5O4S/c1-16-11-17(28)12-20(26(35)31-14-18-5-2-3-9-37-18)24(16)32-27(36)22-13-23(38-19-7-10-39-15-19)33-34(22)25-21(29)6-4-8-30-25/h4,6-8,10-13,15,18H,2-3,5,9,14H2,1H3,(H,31,35)(H,32,36). The third-order valence-corrected chi connectivity index (χ3v) is 7.30. The second kappa shape index (κ2) is 12.2. The van der Waals surface area contributed by atoms with Crippen molar-refractivity contribution in [2.75, 3.05) is 18.5 Å². The van der Waals surface area contributed by atoms with Crippen molar-refractivity contribution < 1.29 is 19.1 Å². The summed E-state index contributed by atoms with van der Waals surface area (Å²) in [6.45, 7) is 2.82. The maximum atomic E-state index is 13.7. The fourth-order valence-corrected chi connectivity index (χ4v) is 5.26. The Balaban J connectivity index is 1.44. The number of pyridine rings is 1. The van der Waals surface area contributed by atoms with E-state index in [-0.39, 0.29) is 35.0 Å². The van der Waals surface area contributed by atoms with Crippen LogP contribution in [0.1, 0.15) is 45.7 Å². The minimum Gasteiger partial charge on any atom is -0.437 e. The number of nitrogens with zero attached hydrogens (tertiary/aromatic N) is 3. The van der Waals surface area contributed by atoms with E-state index in [9.17, 15) is 9.59 Å². The summed E-state index contributed by atoms with van der Waals surface area (Å²) in [5.74, 6) is 0.104. The number of ether oxygens (including phenoxy) is 2. The molecule has 1 aliphatic rings. The molecule has 0 spiro atoms. The lowest BCUT2D eigenvalue weighted by Gasteiger charge is -2.23. The van der Waals surface area contributed by atoms with Crippen LogP contribution in [-0.2, 0) is 4.74 Å². The van der Waals surface area contributed by atoms with Gasteiger partial charge in [-0.15, -0.1) is 16.4 Å². The Labute approximate surface area is 239 Å². The number of carbonyl (C=O) groups excluding carboxylic acids is 2. The van der Waals surface area contributed by atoms with Crippen molar-refractivity contribution in [1.82, 2.24) is 20.1 Å². The van der Waals surface area contributed by atoms with Crippen LogP contribution < -0.4 is 15.4 Å². The molecule has 1 saturated heterocycles. The molecule has 0 bridgehead atoms. The van der Waals surface area contributed by atoms with E-state index in [0.717, 1.165) is 19.3 Å². The number of hydrogen-bond donors (Lipinski definition) is 2. The predicted molar refractivity (Wildman–Crippen MR) is 151 cm³/mol. The van der Waals surface area contributed by atoms with E-state index in [1.165, 1.54) is 28.2 Å². The number of amides is 2. The average Bonchev–Trinajstić information content (AvgIpc) is 3.60. The SMILES string of the molecule is Cc1cc(Cl)cc(C(=O)NCC2CCCCO2)c1NC(=O)c1cc(Oc2ccsc2)nn1-c1ncccc1Cl. The number of carbonyl (C=O) groups is 2. The number of hydrogen-bond acceptors (Lipinski definition) is 7. The van der Waals surface area contributed by atoms with Gasteiger partial charge in [0.2, 0.25) is 5.88 Å². The molecule has 5 rings (SSSR count). The Kier molecular flexibility index (Phi) is 8.47. The topological polar surface area (TPSA) is 107 Å². The smallest absolute Gasteiger partial charge is 0.274 e. The number of aromatic nitrogens is 3. The highest BCUT2D eigenvalue weighted by atomic mass is 35.5. The molecule has 202 valence electrons. The Morgan fingerprint density at radius 3 is 2.82 bits per heavy atom. The zero-order valence-corrected chi connectivity index (χ0v) is 23.3. The molecule has 1 unspecified atom stereocenters. The van der Waals surface area contributed by atoms with Crippen molar-refractivity contribution in [2.24, 2.45) is 0 Å². The molecule has 1 atom stereocenters. The van der Waals surface area contributed by atoms with Gasteiger partial charge in [-0.2, -0.15) is 0 Å². The summed E-state index contributed by atoms with van der Waals surface area (Å²) < 4.78 is 12.9. The molecule has 0 aliphatic carbocycles. The van der Waals surface area contributed by atoms with Crippen LogP contribution in [-0.4, -0.2) is 45.8 Å². The maximum Gasteiger partial charge on any atom is 0.274 e. The number of rotatable bonds is 8. The van der Waals surface area contributed by atoms with Gasteiger partial charge in [0.1, 0.15) is 11.4 Å². The summed E-state index contributed by atoms with van der Waals surface area (Å²) >= 11 is 14.1. The first-order chi connectivity index (χ1) is 18.9. The molecular weight excluding hydrogens is 561 g/mol. The normalized spacial score (nSPS) is 15.1. The van der Waals surface area contributed by atoms with Gasteiger partial charge in [-0.05, 0) is 67.5 Å². The van der Waals surface area contributed by atoms with Gasteiger partial charge >= 0.3 is 0 Å². The van der Waals surface area contributed by atoms with Gasteiger partial charge in [-0.1, -0.05) is 23.2 Å². The zero-order valence-electron chi connectivity index (χ0n) is 20.9. The van der Waals surface area contributed by atoms with Crippen LogP contribution >= 0.6 is 34.5 Å². The van der Waals surface area contributed by atoms with E-state index in [1.54, 1.807) is 37.4 Å². The number of aryl methyl sites for hydroxylation is 1. The van der Waals surface area contributed by atoms with Crippen LogP contribution in [0.4, 0.5) is 5.69 Å². The van der Waals surface area contributed by atoms with Crippen LogP contribution in [0.25, 0.3) is 5.82 Å². The minimum absolute atomic E-state index is 0.0415. The van der Waals surface area contributed by atoms with Crippen LogP contribution in [0, 0.1) is 6.92 Å². The molecule has 12 heteroatoms. The zero-order chi connectivity index (χ0) is 27.4. The monoisotopic (exact) mass is 585 g/mol. The summed E-state index contributed by atoms with van der Waals surface area (Å²) in [5.41, 5.74) is 1.29. The molecule has 1 aliphatic heterocycles. The molecule has 0 radical (unpaired) electrons. The van der Waals surface area contributed by atoms with E-state index >= 15 is 0 Å². The van der Waals surface area contributed by atoms with Crippen LogP contribution in [0.3, 0.4) is 0 Å². The van der Waals surface area contributed by atoms with Crippen molar-refractivity contribution in [3.05, 3.63) is 80.2 Å². The lowest BCUT2D eigenvalue weighted by Crippen LogP contribution is -2.36. The predicted octanol–water partition coefficient (Wildman–Crippen LogP) is 6.29. The third-order valence-electron chi connectivity index (χ3n) is 6.12. The minimum atomic E-state index is -0.542. The van der Waals surface area contributed by atoms with Gasteiger partial charge in [-0.3, -0.25) is 9.59 Å². The molecule has 2 N–H and O–H groups in total. The molecule has 1 fully saturated rings. The van der Waals surface area contributed by atoms with Crippen molar-refractivity contribution >= 4 is 52.0 Å². The second-order valence-corrected chi connectivity index (χ2v) is 10.6. The highest BCUT2D eigenvalue weighted by molar-refractivity contribution is 7.08. The molecule has 4 aromatic rings. The van der Waals surface area contributed by atoms with Crippen molar-refractivity contribution in [2.45, 2.75) is 32.3 Å². The first kappa shape index (κ1) is 27.1. The summed E-state index contributed by atoms with van der Waals surface area (Å²) in [4.78, 5) is 31.2. The lowest BCUT2D eigenvalue weighted by atomic mass is 10.1. The average molecular weight is 587 g/mol. The van der Waals surface area contributed by atoms with Gasteiger partial charge in [0.15, 0.2) is 5.82 Å². The molecule has 9 nitrogen and oxygen atoms in total. The van der Waals surface area contributed by atoms with Gasteiger partial charge in [0.25, 0.3) is 11.8 Å². The van der Waals surface area contributed by atoms with Gasteiger partial charge < -0.3 is 20.1 Å². The van der Waals surface area contributed by atoms with Crippen molar-refractivity contribution in [1.29, 1.82) is 0 Å². The van der Waals surface area contributed by atoms with Crippen LogP contribution in [0.2, 0.25) is 10.0 Å². The molecule has 3 aromatic heterocycles. The quantitative estimate of drug-likeness (QED) is 0.252. The third kappa shape index (κ3) is 6.42. The summed E-state index contributed by atoms with van der Waals surface area (Å²) in [6.07, 6.45) is 4.47. The first-order valence-electron chi connectivity index (χ1n) is 12.3. The van der Waals surface area contributed by atoms with Crippen molar-refractivity contribution in [3.8, 4) is 17.4 Å². The van der Waals surface area contributed by atoms with Crippen molar-refractivity contribution in [3.63, 3.8) is 0 Å². The molecular formula is C27H25Cl2N5O4S. The first-order valence-corrected chi connectivity index (χ1v) is 14.0. The summed E-state index contributed by atoms with van der Waals surface area (Å²) in [5, 5.41) is 14.6. The number of anilines is 1. The Morgan fingerprint density at radius 1 is 1.21 bits per heavy atom. The molecule has 39 heavy (non-hydrogen) atoms. The lowest BCUT2D eigenvalue weighted by molar-refractivity contribution is 0.0169. The number of thiophene rings is 1. The van der Waals surface area contributed by atoms with E-state index in [4.69, 9.17) is 32.7 Å². The fraction of sp³-hybridized carbons (Fsp3) is 0.259. The Hall–Kier alpha value is -3.44. The van der Waals surface area contributed by atoms with E-state index in [2.05, 4.69) is 20.7 Å². The Bertz CT molecular complexity index is 1490. The van der Waals surface area contributed by atoms with Crippen LogP contribution in [0.5, 0.6) is 11.6 Å². The molecule has 0 saturated carbocycles. The summed E-state index contributed by atoms with van der Waals surface area (Å²) in [6, 6.07) is 9.81. The van der Waals surface area contributed by atoms with E-state index in [0.29, 0.717) is 40.2 Å². The largest absolute Gasteiger partial charge is 0.437 e. The van der Waals surface area contributed by atoms with E-state index in [1.807, 2.05) is 10.8 Å². The molecule has 1 aromatic carbocycles. The molecule has 4 heterocycles.